The van der Waals surface area contributed by atoms with Gasteiger partial charge in [0, 0.05) is 48.4 Å². The molecule has 7 heteroatoms. The molecular formula is C22H17N3O4. The molecule has 0 unspecified atom stereocenters. The lowest BCUT2D eigenvalue weighted by Gasteiger charge is -2.12. The molecule has 4 aromatic rings. The van der Waals surface area contributed by atoms with E-state index >= 15 is 0 Å². The number of aromatic nitrogens is 2. The monoisotopic (exact) mass is 387 g/mol. The van der Waals surface area contributed by atoms with E-state index in [0.717, 1.165) is 10.8 Å². The second kappa shape index (κ2) is 6.87. The minimum absolute atomic E-state index is 0.0823. The van der Waals surface area contributed by atoms with Gasteiger partial charge in [-0.25, -0.2) is 4.79 Å². The molecule has 2 aromatic carbocycles. The number of pyridine rings is 1. The Kier molecular flexibility index (Phi) is 4.35. The van der Waals surface area contributed by atoms with E-state index in [1.807, 2.05) is 0 Å². The van der Waals surface area contributed by atoms with E-state index in [1.165, 1.54) is 21.6 Å². The van der Waals surface area contributed by atoms with Crippen molar-refractivity contribution in [1.29, 1.82) is 0 Å². The third-order valence-corrected chi connectivity index (χ3v) is 4.78. The van der Waals surface area contributed by atoms with E-state index in [9.17, 15) is 19.5 Å². The topological polar surface area (TPSA) is 92.5 Å². The van der Waals surface area contributed by atoms with Crippen LogP contribution in [0.4, 0.5) is 0 Å². The van der Waals surface area contributed by atoms with Gasteiger partial charge in [0.05, 0.1) is 16.6 Å². The van der Waals surface area contributed by atoms with E-state index in [-0.39, 0.29) is 17.4 Å². The van der Waals surface area contributed by atoms with Crippen LogP contribution in [0.1, 0.15) is 31.1 Å². The van der Waals surface area contributed by atoms with Crippen molar-refractivity contribution in [2.24, 2.45) is 0 Å². The summed E-state index contributed by atoms with van der Waals surface area (Å²) in [7, 11) is 3.29. The van der Waals surface area contributed by atoms with E-state index < -0.39 is 5.97 Å². The summed E-state index contributed by atoms with van der Waals surface area (Å²) in [5, 5.41) is 10.8. The van der Waals surface area contributed by atoms with Gasteiger partial charge in [-0.2, -0.15) is 0 Å². The molecule has 29 heavy (non-hydrogen) atoms. The van der Waals surface area contributed by atoms with Crippen molar-refractivity contribution >= 4 is 39.6 Å². The lowest BCUT2D eigenvalue weighted by atomic mass is 10.1. The van der Waals surface area contributed by atoms with Crippen molar-refractivity contribution in [1.82, 2.24) is 14.5 Å². The number of rotatable bonds is 3. The molecule has 0 atom stereocenters. The first-order chi connectivity index (χ1) is 13.9. The molecular weight excluding hydrogens is 370 g/mol. The third-order valence-electron chi connectivity index (χ3n) is 4.78. The van der Waals surface area contributed by atoms with Crippen molar-refractivity contribution in [3.63, 3.8) is 0 Å². The molecule has 1 N–H and O–H groups in total. The number of aromatic carboxylic acids is 1. The number of amides is 1. The molecule has 0 fully saturated rings. The van der Waals surface area contributed by atoms with E-state index in [1.54, 1.807) is 62.9 Å². The highest BCUT2D eigenvalue weighted by Crippen LogP contribution is 2.30. The fourth-order valence-corrected chi connectivity index (χ4v) is 3.39. The highest BCUT2D eigenvalue weighted by Gasteiger charge is 2.20. The van der Waals surface area contributed by atoms with Gasteiger partial charge in [0.1, 0.15) is 0 Å². The first-order valence-corrected chi connectivity index (χ1v) is 8.86. The van der Waals surface area contributed by atoms with Crippen LogP contribution in [0.2, 0.25) is 0 Å². The maximum atomic E-state index is 13.4. The zero-order valence-corrected chi connectivity index (χ0v) is 15.8. The SMILES string of the molecule is CN(C)C(=O)c1cccc(C(=O)n2c3ccncc3c3ccc(C(=O)O)cc32)c1. The fraction of sp³-hybridized carbons (Fsp3) is 0.0909. The Bertz CT molecular complexity index is 1300. The number of hydrogen-bond acceptors (Lipinski definition) is 4. The Hall–Kier alpha value is -4.00. The van der Waals surface area contributed by atoms with Crippen LogP contribution in [0.15, 0.2) is 60.9 Å². The molecule has 0 aliphatic carbocycles. The summed E-state index contributed by atoms with van der Waals surface area (Å²) in [6.45, 7) is 0. The van der Waals surface area contributed by atoms with Crippen LogP contribution in [0.3, 0.4) is 0 Å². The highest BCUT2D eigenvalue weighted by atomic mass is 16.4. The van der Waals surface area contributed by atoms with Gasteiger partial charge in [0.2, 0.25) is 0 Å². The molecule has 7 nitrogen and oxygen atoms in total. The summed E-state index contributed by atoms with van der Waals surface area (Å²) < 4.78 is 1.47. The molecule has 0 bridgehead atoms. The van der Waals surface area contributed by atoms with Crippen LogP contribution < -0.4 is 0 Å². The van der Waals surface area contributed by atoms with Crippen LogP contribution in [0.5, 0.6) is 0 Å². The second-order valence-electron chi connectivity index (χ2n) is 6.85. The second-order valence-corrected chi connectivity index (χ2v) is 6.85. The first kappa shape index (κ1) is 18.4. The number of nitrogens with zero attached hydrogens (tertiary/aromatic N) is 3. The maximum absolute atomic E-state index is 13.4. The van der Waals surface area contributed by atoms with Gasteiger partial charge in [-0.1, -0.05) is 12.1 Å². The van der Waals surface area contributed by atoms with Gasteiger partial charge < -0.3 is 10.0 Å². The number of carboxylic acids is 1. The number of carbonyl (C=O) groups excluding carboxylic acids is 2. The number of hydrogen-bond donors (Lipinski definition) is 1. The van der Waals surface area contributed by atoms with E-state index in [4.69, 9.17) is 0 Å². The summed E-state index contributed by atoms with van der Waals surface area (Å²) in [5.74, 6) is -1.64. The molecule has 144 valence electrons. The smallest absolute Gasteiger partial charge is 0.335 e. The van der Waals surface area contributed by atoms with Crippen LogP contribution in [-0.2, 0) is 0 Å². The lowest BCUT2D eigenvalue weighted by molar-refractivity contribution is 0.0696. The first-order valence-electron chi connectivity index (χ1n) is 8.86. The van der Waals surface area contributed by atoms with E-state index in [0.29, 0.717) is 22.2 Å². The van der Waals surface area contributed by atoms with Crippen molar-refractivity contribution in [3.8, 4) is 0 Å². The summed E-state index contributed by atoms with van der Waals surface area (Å²) in [5.41, 5.74) is 1.90. The Balaban J connectivity index is 1.96. The molecule has 0 aliphatic heterocycles. The summed E-state index contributed by atoms with van der Waals surface area (Å²) in [6.07, 6.45) is 3.23. The van der Waals surface area contributed by atoms with Crippen molar-refractivity contribution in [2.45, 2.75) is 0 Å². The molecule has 2 aromatic heterocycles. The molecule has 0 spiro atoms. The summed E-state index contributed by atoms with van der Waals surface area (Å²) >= 11 is 0. The Morgan fingerprint density at radius 3 is 2.38 bits per heavy atom. The Morgan fingerprint density at radius 1 is 0.897 bits per heavy atom. The Labute approximate surface area is 165 Å². The van der Waals surface area contributed by atoms with Crippen LogP contribution in [-0.4, -0.2) is 51.4 Å². The minimum Gasteiger partial charge on any atom is -0.478 e. The van der Waals surface area contributed by atoms with E-state index in [2.05, 4.69) is 4.98 Å². The third kappa shape index (κ3) is 3.02. The van der Waals surface area contributed by atoms with Crippen LogP contribution in [0, 0.1) is 0 Å². The standard InChI is InChI=1S/C22H17N3O4/c1-24(2)20(26)13-4-3-5-14(10-13)21(27)25-18-8-9-23-12-17(18)16-7-6-15(22(28)29)11-19(16)25/h3-12H,1-2H3,(H,28,29). The van der Waals surface area contributed by atoms with Crippen molar-refractivity contribution in [2.75, 3.05) is 14.1 Å². The summed E-state index contributed by atoms with van der Waals surface area (Å²) in [4.78, 5) is 42.7. The predicted molar refractivity (Wildman–Crippen MR) is 108 cm³/mol. The van der Waals surface area contributed by atoms with Gasteiger partial charge >= 0.3 is 5.97 Å². The average molecular weight is 387 g/mol. The van der Waals surface area contributed by atoms with Gasteiger partial charge in [0.15, 0.2) is 0 Å². The predicted octanol–water partition coefficient (Wildman–Crippen LogP) is 3.28. The molecule has 2 heterocycles. The molecule has 0 saturated carbocycles. The maximum Gasteiger partial charge on any atom is 0.335 e. The zero-order valence-electron chi connectivity index (χ0n) is 15.8. The largest absolute Gasteiger partial charge is 0.478 e. The number of fused-ring (bicyclic) bond motifs is 3. The van der Waals surface area contributed by atoms with Gasteiger partial charge in [-0.3, -0.25) is 19.1 Å². The van der Waals surface area contributed by atoms with Gasteiger partial charge in [0.25, 0.3) is 11.8 Å². The molecule has 0 radical (unpaired) electrons. The number of carbonyl (C=O) groups is 3. The molecule has 1 amide bonds. The zero-order chi connectivity index (χ0) is 20.7. The van der Waals surface area contributed by atoms with Crippen LogP contribution in [0.25, 0.3) is 21.8 Å². The molecule has 4 rings (SSSR count). The van der Waals surface area contributed by atoms with Gasteiger partial charge in [-0.05, 0) is 36.4 Å². The number of carboxylic acid groups (broad SMARTS) is 1. The van der Waals surface area contributed by atoms with Gasteiger partial charge in [-0.15, -0.1) is 0 Å². The lowest BCUT2D eigenvalue weighted by Crippen LogP contribution is -2.22. The minimum atomic E-state index is -1.08. The quantitative estimate of drug-likeness (QED) is 0.582. The van der Waals surface area contributed by atoms with Crippen molar-refractivity contribution < 1.29 is 19.5 Å². The number of benzene rings is 2. The fourth-order valence-electron chi connectivity index (χ4n) is 3.39. The Morgan fingerprint density at radius 2 is 1.66 bits per heavy atom. The van der Waals surface area contributed by atoms with Crippen molar-refractivity contribution in [3.05, 3.63) is 77.6 Å². The molecule has 0 aliphatic rings. The highest BCUT2D eigenvalue weighted by molar-refractivity contribution is 6.17. The normalized spacial score (nSPS) is 11.0. The molecule has 0 saturated heterocycles. The average Bonchev–Trinajstić information content (AvgIpc) is 3.06. The van der Waals surface area contributed by atoms with Crippen LogP contribution >= 0.6 is 0 Å². The summed E-state index contributed by atoms with van der Waals surface area (Å²) in [6, 6.07) is 12.9.